The highest BCUT2D eigenvalue weighted by Gasteiger charge is 2.11. The average Bonchev–Trinajstić information content (AvgIpc) is 2.86. The minimum Gasteiger partial charge on any atom is -0.318 e. The molecular formula is C21H16BrClN2. The summed E-state index contributed by atoms with van der Waals surface area (Å²) in [5, 5.41) is 10.3. The van der Waals surface area contributed by atoms with Crippen LogP contribution in [0.4, 0.5) is 0 Å². The van der Waals surface area contributed by atoms with Crippen LogP contribution in [0.15, 0.2) is 59.1 Å². The maximum Gasteiger partial charge on any atom is 0.0998 e. The van der Waals surface area contributed by atoms with Gasteiger partial charge >= 0.3 is 0 Å². The Bertz CT molecular complexity index is 1010. The van der Waals surface area contributed by atoms with Crippen molar-refractivity contribution in [2.24, 2.45) is 0 Å². The van der Waals surface area contributed by atoms with Gasteiger partial charge in [-0.2, -0.15) is 5.26 Å². The highest BCUT2D eigenvalue weighted by Crippen LogP contribution is 2.27. The molecule has 0 bridgehead atoms. The number of aryl methyl sites for hydroxylation is 1. The topological polar surface area (TPSA) is 28.7 Å². The van der Waals surface area contributed by atoms with Crippen LogP contribution in [-0.4, -0.2) is 4.57 Å². The minimum atomic E-state index is 0.632. The molecule has 0 radical (unpaired) electrons. The fraction of sp³-hybridized carbons (Fsp3) is 0.0952. The third-order valence-corrected chi connectivity index (χ3v) is 4.82. The number of halogens is 2. The summed E-state index contributed by atoms with van der Waals surface area (Å²) < 4.78 is 3.10. The molecule has 0 aliphatic rings. The largest absolute Gasteiger partial charge is 0.318 e. The summed E-state index contributed by atoms with van der Waals surface area (Å²) in [7, 11) is 0. The molecule has 0 N–H and O–H groups in total. The number of hydrogen-bond acceptors (Lipinski definition) is 1. The quantitative estimate of drug-likeness (QED) is 0.448. The SMILES string of the molecule is Cc1cc(/C=C(/C#N)c2cccc(Br)c2)c(C)n1-c1cccc(Cl)c1. The second kappa shape index (κ2) is 7.31. The van der Waals surface area contributed by atoms with E-state index in [9.17, 15) is 5.26 Å². The van der Waals surface area contributed by atoms with E-state index in [0.717, 1.165) is 32.7 Å². The Morgan fingerprint density at radius 2 is 1.88 bits per heavy atom. The van der Waals surface area contributed by atoms with Crippen LogP contribution < -0.4 is 0 Å². The Hall–Kier alpha value is -2.28. The van der Waals surface area contributed by atoms with Gasteiger partial charge in [0, 0.05) is 26.6 Å². The molecule has 4 heteroatoms. The zero-order valence-corrected chi connectivity index (χ0v) is 16.3. The molecule has 0 aliphatic heterocycles. The zero-order valence-electron chi connectivity index (χ0n) is 13.9. The molecule has 0 saturated carbocycles. The first kappa shape index (κ1) is 17.5. The van der Waals surface area contributed by atoms with Crippen LogP contribution in [0, 0.1) is 25.2 Å². The van der Waals surface area contributed by atoms with Crippen LogP contribution in [-0.2, 0) is 0 Å². The molecular weight excluding hydrogens is 396 g/mol. The van der Waals surface area contributed by atoms with Crippen LogP contribution in [0.25, 0.3) is 17.3 Å². The number of allylic oxidation sites excluding steroid dienone is 1. The van der Waals surface area contributed by atoms with Crippen molar-refractivity contribution in [3.63, 3.8) is 0 Å². The van der Waals surface area contributed by atoms with Crippen molar-refractivity contribution in [1.82, 2.24) is 4.57 Å². The fourth-order valence-electron chi connectivity index (χ4n) is 2.94. The van der Waals surface area contributed by atoms with E-state index >= 15 is 0 Å². The molecule has 0 aliphatic carbocycles. The lowest BCUT2D eigenvalue weighted by atomic mass is 10.0. The van der Waals surface area contributed by atoms with Gasteiger partial charge in [0.2, 0.25) is 0 Å². The van der Waals surface area contributed by atoms with E-state index in [4.69, 9.17) is 11.6 Å². The van der Waals surface area contributed by atoms with E-state index in [2.05, 4.69) is 46.5 Å². The van der Waals surface area contributed by atoms with Gasteiger partial charge in [0.1, 0.15) is 0 Å². The van der Waals surface area contributed by atoms with Crippen molar-refractivity contribution < 1.29 is 0 Å². The molecule has 1 heterocycles. The normalized spacial score (nSPS) is 11.4. The standard InChI is InChI=1S/C21H16BrClN2/c1-14-9-17(10-18(13-24)16-5-3-6-19(22)11-16)15(2)25(14)21-8-4-7-20(23)12-21/h3-12H,1-2H3/b18-10-. The Kier molecular flexibility index (Phi) is 5.13. The number of nitriles is 1. The smallest absolute Gasteiger partial charge is 0.0998 e. The number of benzene rings is 2. The molecule has 124 valence electrons. The molecule has 0 saturated heterocycles. The summed E-state index contributed by atoms with van der Waals surface area (Å²) in [5.74, 6) is 0. The number of rotatable bonds is 3. The summed E-state index contributed by atoms with van der Waals surface area (Å²) >= 11 is 9.59. The minimum absolute atomic E-state index is 0.632. The predicted octanol–water partition coefficient (Wildman–Crippen LogP) is 6.57. The Morgan fingerprint density at radius 3 is 2.56 bits per heavy atom. The van der Waals surface area contributed by atoms with Crippen LogP contribution in [0.5, 0.6) is 0 Å². The molecule has 0 unspecified atom stereocenters. The molecule has 0 amide bonds. The van der Waals surface area contributed by atoms with Gasteiger partial charge in [-0.1, -0.05) is 45.7 Å². The van der Waals surface area contributed by atoms with E-state index in [1.165, 1.54) is 0 Å². The van der Waals surface area contributed by atoms with E-state index in [1.54, 1.807) is 0 Å². The van der Waals surface area contributed by atoms with Gasteiger partial charge < -0.3 is 4.57 Å². The van der Waals surface area contributed by atoms with Crippen LogP contribution in [0.3, 0.4) is 0 Å². The van der Waals surface area contributed by atoms with Crippen molar-refractivity contribution >= 4 is 39.2 Å². The molecule has 2 nitrogen and oxygen atoms in total. The van der Waals surface area contributed by atoms with E-state index in [-0.39, 0.29) is 0 Å². The maximum absolute atomic E-state index is 9.59. The molecule has 3 rings (SSSR count). The second-order valence-electron chi connectivity index (χ2n) is 5.82. The molecule has 0 spiro atoms. The number of hydrogen-bond donors (Lipinski definition) is 0. The molecule has 3 aromatic rings. The Balaban J connectivity index is 2.10. The van der Waals surface area contributed by atoms with Crippen molar-refractivity contribution in [1.29, 1.82) is 5.26 Å². The van der Waals surface area contributed by atoms with Crippen molar-refractivity contribution in [3.8, 4) is 11.8 Å². The summed E-state index contributed by atoms with van der Waals surface area (Å²) in [5.41, 5.74) is 5.73. The summed E-state index contributed by atoms with van der Waals surface area (Å²) in [6.07, 6.45) is 1.94. The summed E-state index contributed by atoms with van der Waals surface area (Å²) in [4.78, 5) is 0. The number of nitrogens with zero attached hydrogens (tertiary/aromatic N) is 2. The lowest BCUT2D eigenvalue weighted by Gasteiger charge is -2.10. The van der Waals surface area contributed by atoms with Gasteiger partial charge in [0.25, 0.3) is 0 Å². The average molecular weight is 412 g/mol. The molecule has 0 atom stereocenters. The first-order chi connectivity index (χ1) is 12.0. The highest BCUT2D eigenvalue weighted by atomic mass is 79.9. The van der Waals surface area contributed by atoms with Gasteiger partial charge in [0.05, 0.1) is 11.6 Å². The van der Waals surface area contributed by atoms with Gasteiger partial charge in [-0.3, -0.25) is 0 Å². The zero-order chi connectivity index (χ0) is 18.0. The monoisotopic (exact) mass is 410 g/mol. The molecule has 1 aromatic heterocycles. The first-order valence-electron chi connectivity index (χ1n) is 7.82. The number of aromatic nitrogens is 1. The lowest BCUT2D eigenvalue weighted by molar-refractivity contribution is 0.965. The third kappa shape index (κ3) is 3.71. The van der Waals surface area contributed by atoms with Crippen molar-refractivity contribution in [2.45, 2.75) is 13.8 Å². The van der Waals surface area contributed by atoms with E-state index < -0.39 is 0 Å². The van der Waals surface area contributed by atoms with Crippen LogP contribution in [0.1, 0.15) is 22.5 Å². The molecule has 2 aromatic carbocycles. The van der Waals surface area contributed by atoms with Crippen LogP contribution in [0.2, 0.25) is 5.02 Å². The molecule has 0 fully saturated rings. The van der Waals surface area contributed by atoms with Crippen molar-refractivity contribution in [2.75, 3.05) is 0 Å². The Morgan fingerprint density at radius 1 is 1.12 bits per heavy atom. The second-order valence-corrected chi connectivity index (χ2v) is 7.17. The summed E-state index contributed by atoms with van der Waals surface area (Å²) in [6.45, 7) is 4.10. The van der Waals surface area contributed by atoms with Crippen molar-refractivity contribution in [3.05, 3.63) is 86.6 Å². The first-order valence-corrected chi connectivity index (χ1v) is 8.99. The molecule has 25 heavy (non-hydrogen) atoms. The van der Waals surface area contributed by atoms with Gasteiger partial charge in [-0.25, -0.2) is 0 Å². The predicted molar refractivity (Wildman–Crippen MR) is 108 cm³/mol. The van der Waals surface area contributed by atoms with Gasteiger partial charge in [0.15, 0.2) is 0 Å². The van der Waals surface area contributed by atoms with E-state index in [1.807, 2.05) is 54.6 Å². The summed E-state index contributed by atoms with van der Waals surface area (Å²) in [6, 6.07) is 19.9. The maximum atomic E-state index is 9.59. The highest BCUT2D eigenvalue weighted by molar-refractivity contribution is 9.10. The van der Waals surface area contributed by atoms with Gasteiger partial charge in [-0.05, 0) is 67.4 Å². The van der Waals surface area contributed by atoms with Crippen LogP contribution >= 0.6 is 27.5 Å². The third-order valence-electron chi connectivity index (χ3n) is 4.09. The van der Waals surface area contributed by atoms with E-state index in [0.29, 0.717) is 10.6 Å². The fourth-order valence-corrected chi connectivity index (χ4v) is 3.52. The Labute approximate surface area is 161 Å². The van der Waals surface area contributed by atoms with Gasteiger partial charge in [-0.15, -0.1) is 0 Å². The lowest BCUT2D eigenvalue weighted by Crippen LogP contribution is -1.98.